The summed E-state index contributed by atoms with van der Waals surface area (Å²) in [5.41, 5.74) is -0.926. The summed E-state index contributed by atoms with van der Waals surface area (Å²) in [7, 11) is -10.4. The molecule has 7 aromatic carbocycles. The van der Waals surface area contributed by atoms with Gasteiger partial charge in [-0.3, -0.25) is 23.5 Å². The molecule has 4 saturated heterocycles. The number of ketones is 1. The Morgan fingerprint density at radius 1 is 0.359 bits per heavy atom. The fourth-order valence-corrected chi connectivity index (χ4v) is 15.0. The van der Waals surface area contributed by atoms with Crippen LogP contribution >= 0.6 is 0 Å². The second kappa shape index (κ2) is 46.5. The molecule has 131 heavy (non-hydrogen) atoms. The SMILES string of the molecule is COC(=O)[C@H]1O[C@@H](O[C@@H]2[C@@H](NC(C)=O)[C@H](O[C@H]3[C@H](OC(=O)c4ccccc4)[C@@H](OC(=O)c4ccccc4)[C@H](O[C@@H]4[C@@H](NC(C)=O)[C@H](OCCNC(=O)OCc5ccccc5)O[C@H](COC(=O)c5ccccc5)[C@@H]4OS(=O)(=O)O)O[C@@H]3C(=O)OC)O[C@H](COC(=O)c3ccccc3)[C@@H]2OS(=O)(=O)O)[C@H](OC(=O)c2ccccc2)[C@@H](OC(=O)c2ccccc2)[C@@H]1OC(=O)CCC(C)=O. The highest BCUT2D eigenvalue weighted by molar-refractivity contribution is 7.81. The number of nitrogens with one attached hydrogen (secondary N) is 3. The molecule has 7 aromatic rings. The molecule has 3 amide bonds. The van der Waals surface area contributed by atoms with Gasteiger partial charge in [0, 0.05) is 26.8 Å². The Labute approximate surface area is 747 Å². The number of hydrogen-bond acceptors (Lipinski definition) is 37. The normalized spacial score (nSPS) is 25.2. The van der Waals surface area contributed by atoms with E-state index in [0.717, 1.165) is 35.0 Å². The first-order valence-electron chi connectivity index (χ1n) is 40.1. The van der Waals surface area contributed by atoms with Gasteiger partial charge in [0.15, 0.2) is 67.9 Å². The highest BCUT2D eigenvalue weighted by atomic mass is 32.3. The van der Waals surface area contributed by atoms with Gasteiger partial charge in [-0.1, -0.05) is 140 Å². The molecule has 0 spiro atoms. The van der Waals surface area contributed by atoms with E-state index < -0.39 is 260 Å². The fourth-order valence-electron chi connectivity index (χ4n) is 13.9. The van der Waals surface area contributed by atoms with E-state index in [1.54, 1.807) is 36.4 Å². The molecule has 0 bridgehead atoms. The predicted octanol–water partition coefficient (Wildman–Crippen LogP) is 4.61. The van der Waals surface area contributed by atoms with Crippen LogP contribution in [0.5, 0.6) is 0 Å². The largest absolute Gasteiger partial charge is 0.467 e. The highest BCUT2D eigenvalue weighted by Crippen LogP contribution is 2.41. The van der Waals surface area contributed by atoms with E-state index in [2.05, 4.69) is 16.0 Å². The van der Waals surface area contributed by atoms with Gasteiger partial charge in [0.25, 0.3) is 0 Å². The van der Waals surface area contributed by atoms with Crippen LogP contribution in [0.3, 0.4) is 0 Å². The predicted molar refractivity (Wildman–Crippen MR) is 438 cm³/mol. The lowest BCUT2D eigenvalue weighted by Gasteiger charge is -2.51. The lowest BCUT2D eigenvalue weighted by Crippen LogP contribution is -2.72. The number of rotatable bonds is 38. The van der Waals surface area contributed by atoms with Crippen LogP contribution in [0.1, 0.15) is 101 Å². The molecule has 0 unspecified atom stereocenters. The Bertz CT molecular complexity index is 5350. The lowest BCUT2D eigenvalue weighted by atomic mass is 9.93. The number of carbonyl (C=O) groups is 13. The second-order valence-corrected chi connectivity index (χ2v) is 31.2. The maximum atomic E-state index is 15.4. The van der Waals surface area contributed by atoms with E-state index in [4.69, 9.17) is 93.6 Å². The van der Waals surface area contributed by atoms with E-state index in [9.17, 15) is 73.9 Å². The molecule has 11 rings (SSSR count). The molecule has 0 aromatic heterocycles. The van der Waals surface area contributed by atoms with Crippen molar-refractivity contribution in [3.8, 4) is 0 Å². The van der Waals surface area contributed by atoms with Crippen molar-refractivity contribution < 1.29 is 182 Å². The van der Waals surface area contributed by atoms with Crippen molar-refractivity contribution in [1.29, 1.82) is 0 Å². The molecular weight excluding hydrogens is 1780 g/mol. The van der Waals surface area contributed by atoms with Crippen LogP contribution in [0.2, 0.25) is 0 Å². The molecule has 0 aliphatic carbocycles. The van der Waals surface area contributed by atoms with Gasteiger partial charge in [0.1, 0.15) is 80.4 Å². The van der Waals surface area contributed by atoms with E-state index in [-0.39, 0.29) is 40.0 Å². The zero-order valence-electron chi connectivity index (χ0n) is 70.0. The maximum Gasteiger partial charge on any atom is 0.407 e. The molecule has 4 aliphatic heterocycles. The Balaban J connectivity index is 1.10. The molecular formula is C87H89N3O39S2. The van der Waals surface area contributed by atoms with Crippen LogP contribution in [0.15, 0.2) is 212 Å². The molecule has 42 nitrogen and oxygen atoms in total. The average molecular weight is 1860 g/mol. The molecule has 4 fully saturated rings. The van der Waals surface area contributed by atoms with Gasteiger partial charge in [-0.05, 0) is 85.3 Å². The highest BCUT2D eigenvalue weighted by Gasteiger charge is 2.63. The van der Waals surface area contributed by atoms with Gasteiger partial charge in [0.05, 0.1) is 60.6 Å². The molecule has 5 N–H and O–H groups in total. The zero-order chi connectivity index (χ0) is 94.1. The molecule has 4 aliphatic rings. The molecule has 44 heteroatoms. The summed E-state index contributed by atoms with van der Waals surface area (Å²) in [6.07, 6.45) is -47.5. The summed E-state index contributed by atoms with van der Waals surface area (Å²) in [6.45, 7) is -0.774. The van der Waals surface area contributed by atoms with Crippen molar-refractivity contribution in [2.45, 2.75) is 163 Å². The summed E-state index contributed by atoms with van der Waals surface area (Å²) in [4.78, 5) is 186. The topological polar surface area (TPSA) is 551 Å². The van der Waals surface area contributed by atoms with Crippen molar-refractivity contribution >= 4 is 98.2 Å². The second-order valence-electron chi connectivity index (χ2n) is 29.1. The van der Waals surface area contributed by atoms with Crippen LogP contribution < -0.4 is 16.0 Å². The minimum atomic E-state index is -6.05. The van der Waals surface area contributed by atoms with Gasteiger partial charge in [-0.15, -0.1) is 0 Å². The first kappa shape index (κ1) is 98.7. The molecule has 20 atom stereocenters. The Hall–Kier alpha value is -12.9. The van der Waals surface area contributed by atoms with E-state index in [0.29, 0.717) is 5.56 Å². The number of Topliss-reactive ketones (excluding diaryl/α,β-unsaturated/α-hetero) is 1. The Morgan fingerprint density at radius 2 is 0.695 bits per heavy atom. The van der Waals surface area contributed by atoms with Gasteiger partial charge >= 0.3 is 80.6 Å². The van der Waals surface area contributed by atoms with Crippen molar-refractivity contribution in [2.75, 3.05) is 40.6 Å². The summed E-state index contributed by atoms with van der Waals surface area (Å²) in [6, 6.07) is 44.6. The number of esters is 9. The quantitative estimate of drug-likeness (QED) is 0.0153. The third-order valence-electron chi connectivity index (χ3n) is 19.8. The minimum Gasteiger partial charge on any atom is -0.467 e. The first-order chi connectivity index (χ1) is 62.7. The summed E-state index contributed by atoms with van der Waals surface area (Å²) < 4.78 is 198. The summed E-state index contributed by atoms with van der Waals surface area (Å²) in [5.74, 6) is -15.0. The summed E-state index contributed by atoms with van der Waals surface area (Å²) >= 11 is 0. The maximum absolute atomic E-state index is 15.4. The van der Waals surface area contributed by atoms with Crippen LogP contribution in [0.25, 0.3) is 0 Å². The minimum absolute atomic E-state index is 0.0885. The standard InChI is InChI=1S/C87H89N3O39S2/c1-48(91)41-42-60(94)118-67-69(119-77(97)54-33-19-9-20-34-54)73(121-79(99)56-37-23-11-24-38-56)85(126-71(67)81(101)110-4)124-66-62(90-50(3)93)84(117-59(64(66)129-131(107,108)109)47-114-76(96)53-31-17-8-18-32-53)125-68-70(120-78(98)55-35-21-10-22-36-55)74(122-80(100)57-39-25-12-26-40-57)86(127-72(68)82(102)111-5)123-65-61(89-49(2)92)83(112-44-43-88-87(103)115-45-51-27-13-6-14-28-51)116-58(63(65)128-130(104,105)106)46-113-75(95)52-29-15-7-16-30-52/h6-40,58-59,61-74,83-86H,41-47H2,1-5H3,(H,88,103)(H,89,92)(H,90,93)(H,104,105,106)(H,107,108,109)/t58-,59-,61-,62-,63+,64+,65-,66-,67+,68+,69+,70+,71+,72+,73-,74-,83-,84+,85-,86-/m1/s1. The molecule has 698 valence electrons. The van der Waals surface area contributed by atoms with E-state index >= 15 is 14.4 Å². The number of carbonyl (C=O) groups excluding carboxylic acids is 13. The number of benzene rings is 7. The Morgan fingerprint density at radius 3 is 1.06 bits per heavy atom. The number of amides is 3. The lowest BCUT2D eigenvalue weighted by molar-refractivity contribution is -0.366. The van der Waals surface area contributed by atoms with Gasteiger partial charge in [0.2, 0.25) is 11.8 Å². The van der Waals surface area contributed by atoms with Gasteiger partial charge in [-0.2, -0.15) is 16.8 Å². The van der Waals surface area contributed by atoms with Crippen molar-refractivity contribution in [3.63, 3.8) is 0 Å². The smallest absolute Gasteiger partial charge is 0.407 e. The van der Waals surface area contributed by atoms with Gasteiger partial charge in [-0.25, -0.2) is 51.5 Å². The van der Waals surface area contributed by atoms with E-state index in [1.165, 1.54) is 176 Å². The van der Waals surface area contributed by atoms with Crippen LogP contribution in [0.4, 0.5) is 4.79 Å². The molecule has 0 saturated carbocycles. The van der Waals surface area contributed by atoms with Crippen molar-refractivity contribution in [1.82, 2.24) is 16.0 Å². The summed E-state index contributed by atoms with van der Waals surface area (Å²) in [5, 5.41) is 7.38. The van der Waals surface area contributed by atoms with Crippen LogP contribution in [0, 0.1) is 0 Å². The van der Waals surface area contributed by atoms with Crippen LogP contribution in [-0.2, 0) is 150 Å². The van der Waals surface area contributed by atoms with Gasteiger partial charge < -0.3 is 106 Å². The number of hydrogen-bond donors (Lipinski definition) is 5. The molecule has 4 heterocycles. The first-order valence-corrected chi connectivity index (χ1v) is 42.8. The van der Waals surface area contributed by atoms with Crippen LogP contribution in [-0.4, -0.2) is 267 Å². The number of alkyl carbamates (subject to hydrolysis) is 1. The number of ether oxygens (including phenoxy) is 18. The van der Waals surface area contributed by atoms with Crippen molar-refractivity contribution in [3.05, 3.63) is 251 Å². The van der Waals surface area contributed by atoms with Crippen molar-refractivity contribution in [2.24, 2.45) is 0 Å². The molecule has 0 radical (unpaired) electrons. The third-order valence-corrected chi connectivity index (χ3v) is 20.8. The third kappa shape index (κ3) is 27.8. The fraction of sp³-hybridized carbons (Fsp3) is 0.368. The van der Waals surface area contributed by atoms with E-state index in [1.807, 2.05) is 0 Å². The Kier molecular flexibility index (Phi) is 35.1. The zero-order valence-corrected chi connectivity index (χ0v) is 71.7. The average Bonchev–Trinajstić information content (AvgIpc) is 0.749. The number of methoxy groups -OCH3 is 2. The monoisotopic (exact) mass is 1860 g/mol.